The molecule has 0 saturated heterocycles. The highest BCUT2D eigenvalue weighted by atomic mass is 35.5. The Labute approximate surface area is 138 Å². The van der Waals surface area contributed by atoms with E-state index in [-0.39, 0.29) is 6.04 Å². The summed E-state index contributed by atoms with van der Waals surface area (Å²) in [5.41, 5.74) is 3.02. The first-order valence-corrected chi connectivity index (χ1v) is 7.93. The van der Waals surface area contributed by atoms with E-state index in [9.17, 15) is 0 Å². The summed E-state index contributed by atoms with van der Waals surface area (Å²) in [7, 11) is 0. The third kappa shape index (κ3) is 2.96. The van der Waals surface area contributed by atoms with Crippen molar-refractivity contribution >= 4 is 40.5 Å². The Hall–Kier alpha value is -1.03. The number of hydrogen-bond donors (Lipinski definition) is 0. The number of aromatic nitrogens is 2. The van der Waals surface area contributed by atoms with E-state index in [0.717, 1.165) is 36.3 Å². The van der Waals surface area contributed by atoms with Crippen LogP contribution in [0.15, 0.2) is 24.3 Å². The van der Waals surface area contributed by atoms with Crippen LogP contribution >= 0.6 is 34.8 Å². The van der Waals surface area contributed by atoms with Crippen LogP contribution in [0.5, 0.6) is 0 Å². The van der Waals surface area contributed by atoms with E-state index in [1.807, 2.05) is 18.2 Å². The van der Waals surface area contributed by atoms with Crippen molar-refractivity contribution in [3.8, 4) is 0 Å². The average Bonchev–Trinajstić information content (AvgIpc) is 2.48. The largest absolute Gasteiger partial charge is 0.363 e. The molecule has 6 heteroatoms. The highest BCUT2D eigenvalue weighted by Gasteiger charge is 2.25. The minimum atomic E-state index is 0.0931. The minimum absolute atomic E-state index is 0.0931. The van der Waals surface area contributed by atoms with Crippen LogP contribution in [-0.2, 0) is 6.42 Å². The molecule has 0 fully saturated rings. The third-order valence-corrected chi connectivity index (χ3v) is 4.58. The van der Waals surface area contributed by atoms with Gasteiger partial charge in [0, 0.05) is 22.7 Å². The van der Waals surface area contributed by atoms with Gasteiger partial charge >= 0.3 is 0 Å². The van der Waals surface area contributed by atoms with Crippen LogP contribution in [0.25, 0.3) is 0 Å². The van der Waals surface area contributed by atoms with Crippen molar-refractivity contribution in [2.24, 2.45) is 0 Å². The fraction of sp³-hybridized carbons (Fsp3) is 0.333. The molecule has 0 aliphatic carbocycles. The van der Waals surface area contributed by atoms with Crippen molar-refractivity contribution in [2.75, 3.05) is 11.4 Å². The second-order valence-electron chi connectivity index (χ2n) is 5.14. The maximum absolute atomic E-state index is 6.33. The molecule has 2 aromatic rings. The molecule has 0 spiro atoms. The molecule has 0 unspecified atom stereocenters. The number of halogens is 3. The lowest BCUT2D eigenvalue weighted by molar-refractivity contribution is 0.602. The summed E-state index contributed by atoms with van der Waals surface area (Å²) in [6, 6.07) is 7.51. The van der Waals surface area contributed by atoms with Gasteiger partial charge in [-0.25, -0.2) is 0 Å². The zero-order valence-corrected chi connectivity index (χ0v) is 13.8. The van der Waals surface area contributed by atoms with Crippen molar-refractivity contribution in [1.29, 1.82) is 0 Å². The van der Waals surface area contributed by atoms with Gasteiger partial charge in [0.15, 0.2) is 5.15 Å². The number of benzene rings is 1. The van der Waals surface area contributed by atoms with E-state index in [0.29, 0.717) is 15.2 Å². The SMILES string of the molecule is C[C@H](c1cc(Cl)ccc1Cl)N1CCCc2nnc(Cl)cc21. The quantitative estimate of drug-likeness (QED) is 0.773. The predicted octanol–water partition coefficient (Wildman–Crippen LogP) is 4.95. The van der Waals surface area contributed by atoms with E-state index in [1.54, 1.807) is 6.07 Å². The van der Waals surface area contributed by atoms with Gasteiger partial charge in [-0.3, -0.25) is 0 Å². The van der Waals surface area contributed by atoms with E-state index in [4.69, 9.17) is 34.8 Å². The summed E-state index contributed by atoms with van der Waals surface area (Å²) in [6.07, 6.45) is 1.96. The molecule has 3 nitrogen and oxygen atoms in total. The van der Waals surface area contributed by atoms with Gasteiger partial charge in [0.25, 0.3) is 0 Å². The fourth-order valence-corrected chi connectivity index (χ4v) is 3.35. The first kappa shape index (κ1) is 14.9. The van der Waals surface area contributed by atoms with Crippen molar-refractivity contribution in [3.63, 3.8) is 0 Å². The average molecular weight is 343 g/mol. The number of hydrogen-bond acceptors (Lipinski definition) is 3. The lowest BCUT2D eigenvalue weighted by Gasteiger charge is -2.36. The summed E-state index contributed by atoms with van der Waals surface area (Å²) >= 11 is 18.4. The standard InChI is InChI=1S/C15H14Cl3N3/c1-9(11-7-10(16)4-5-12(11)17)21-6-2-3-13-14(21)8-15(18)20-19-13/h4-5,7-9H,2-3,6H2,1H3/t9-/m1/s1. The van der Waals surface area contributed by atoms with Crippen LogP contribution in [0.3, 0.4) is 0 Å². The fourth-order valence-electron chi connectivity index (χ4n) is 2.75. The van der Waals surface area contributed by atoms with E-state index in [2.05, 4.69) is 22.0 Å². The molecule has 110 valence electrons. The summed E-state index contributed by atoms with van der Waals surface area (Å²) in [5.74, 6) is 0. The lowest BCUT2D eigenvalue weighted by Crippen LogP contribution is -2.32. The van der Waals surface area contributed by atoms with Gasteiger partial charge in [-0.05, 0) is 43.5 Å². The molecule has 3 rings (SSSR count). The molecule has 1 aromatic carbocycles. The van der Waals surface area contributed by atoms with Gasteiger partial charge in [0.05, 0.1) is 17.4 Å². The Morgan fingerprint density at radius 1 is 1.14 bits per heavy atom. The Morgan fingerprint density at radius 2 is 1.95 bits per heavy atom. The van der Waals surface area contributed by atoms with Crippen LogP contribution in [0.2, 0.25) is 15.2 Å². The predicted molar refractivity (Wildman–Crippen MR) is 87.6 cm³/mol. The van der Waals surface area contributed by atoms with E-state index < -0.39 is 0 Å². The van der Waals surface area contributed by atoms with Crippen molar-refractivity contribution in [1.82, 2.24) is 10.2 Å². The maximum atomic E-state index is 6.33. The van der Waals surface area contributed by atoms with Gasteiger partial charge in [-0.2, -0.15) is 5.10 Å². The Kier molecular flexibility index (Phi) is 4.25. The number of anilines is 1. The van der Waals surface area contributed by atoms with Gasteiger partial charge in [0.1, 0.15) is 0 Å². The van der Waals surface area contributed by atoms with Crippen molar-refractivity contribution in [3.05, 3.63) is 50.7 Å². The number of nitrogens with zero attached hydrogens (tertiary/aromatic N) is 3. The number of fused-ring (bicyclic) bond motifs is 1. The van der Waals surface area contributed by atoms with Gasteiger partial charge < -0.3 is 4.90 Å². The molecule has 0 bridgehead atoms. The normalized spacial score (nSPS) is 15.7. The summed E-state index contributed by atoms with van der Waals surface area (Å²) < 4.78 is 0. The highest BCUT2D eigenvalue weighted by molar-refractivity contribution is 6.33. The second kappa shape index (κ2) is 5.99. The van der Waals surface area contributed by atoms with Gasteiger partial charge in [0.2, 0.25) is 0 Å². The minimum Gasteiger partial charge on any atom is -0.363 e. The summed E-state index contributed by atoms with van der Waals surface area (Å²) in [4.78, 5) is 2.26. The lowest BCUT2D eigenvalue weighted by atomic mass is 10.0. The van der Waals surface area contributed by atoms with E-state index >= 15 is 0 Å². The zero-order chi connectivity index (χ0) is 15.0. The van der Waals surface area contributed by atoms with Crippen LogP contribution in [0.1, 0.15) is 30.6 Å². The smallest absolute Gasteiger partial charge is 0.153 e. The highest BCUT2D eigenvalue weighted by Crippen LogP contribution is 2.36. The Bertz CT molecular complexity index is 675. The zero-order valence-electron chi connectivity index (χ0n) is 11.5. The molecule has 1 aromatic heterocycles. The van der Waals surface area contributed by atoms with Crippen LogP contribution < -0.4 is 4.90 Å². The summed E-state index contributed by atoms with van der Waals surface area (Å²) in [5, 5.41) is 9.94. The van der Waals surface area contributed by atoms with Gasteiger partial charge in [-0.1, -0.05) is 34.8 Å². The maximum Gasteiger partial charge on any atom is 0.153 e. The first-order chi connectivity index (χ1) is 10.1. The summed E-state index contributed by atoms with van der Waals surface area (Å²) in [6.45, 7) is 3.04. The number of aryl methyl sites for hydroxylation is 1. The Balaban J connectivity index is 2.01. The number of rotatable bonds is 2. The van der Waals surface area contributed by atoms with Gasteiger partial charge in [-0.15, -0.1) is 5.10 Å². The molecule has 1 aliphatic heterocycles. The molecule has 21 heavy (non-hydrogen) atoms. The molecule has 0 amide bonds. The molecular weight excluding hydrogens is 329 g/mol. The monoisotopic (exact) mass is 341 g/mol. The topological polar surface area (TPSA) is 29.0 Å². The molecule has 0 N–H and O–H groups in total. The molecule has 1 atom stereocenters. The van der Waals surface area contributed by atoms with Crippen LogP contribution in [0.4, 0.5) is 5.69 Å². The second-order valence-corrected chi connectivity index (χ2v) is 6.37. The molecule has 0 saturated carbocycles. The molecular formula is C15H14Cl3N3. The molecule has 1 aliphatic rings. The van der Waals surface area contributed by atoms with Crippen molar-refractivity contribution in [2.45, 2.75) is 25.8 Å². The molecule has 0 radical (unpaired) electrons. The van der Waals surface area contributed by atoms with E-state index in [1.165, 1.54) is 0 Å². The van der Waals surface area contributed by atoms with Crippen molar-refractivity contribution < 1.29 is 0 Å². The third-order valence-electron chi connectivity index (χ3n) is 3.82. The molecule has 2 heterocycles. The first-order valence-electron chi connectivity index (χ1n) is 6.80. The van der Waals surface area contributed by atoms with Crippen LogP contribution in [0, 0.1) is 0 Å². The van der Waals surface area contributed by atoms with Crippen LogP contribution in [-0.4, -0.2) is 16.7 Å². The Morgan fingerprint density at radius 3 is 2.76 bits per heavy atom.